The van der Waals surface area contributed by atoms with Crippen molar-refractivity contribution in [2.24, 2.45) is 0 Å². The number of methoxy groups -OCH3 is 1. The molecule has 1 amide bonds. The van der Waals surface area contributed by atoms with Crippen molar-refractivity contribution in [3.05, 3.63) is 74.3 Å². The number of H-pyrrole nitrogens is 1. The molecule has 3 rings (SSSR count). The van der Waals surface area contributed by atoms with Crippen molar-refractivity contribution in [2.75, 3.05) is 26.0 Å². The number of aromatic nitrogens is 2. The Bertz CT molecular complexity index is 1150. The van der Waals surface area contributed by atoms with E-state index in [-0.39, 0.29) is 11.5 Å². The summed E-state index contributed by atoms with van der Waals surface area (Å²) in [5, 5.41) is 3.45. The molecule has 0 unspecified atom stereocenters. The molecular formula is C23H27N3O3S2. The first-order chi connectivity index (χ1) is 15.0. The SMILES string of the molecule is COCCCn1c(=S)[nH]c2cc(C(=O)NCCSCc3ccc(C)cc3)ccc2c1=O. The first kappa shape index (κ1) is 23.2. The van der Waals surface area contributed by atoms with Crippen LogP contribution in [0.25, 0.3) is 10.9 Å². The Morgan fingerprint density at radius 2 is 2.00 bits per heavy atom. The molecule has 6 nitrogen and oxygen atoms in total. The van der Waals surface area contributed by atoms with Crippen molar-refractivity contribution in [1.82, 2.24) is 14.9 Å². The molecule has 31 heavy (non-hydrogen) atoms. The van der Waals surface area contributed by atoms with Crippen molar-refractivity contribution in [3.63, 3.8) is 0 Å². The van der Waals surface area contributed by atoms with Gasteiger partial charge in [-0.15, -0.1) is 0 Å². The largest absolute Gasteiger partial charge is 0.385 e. The Labute approximate surface area is 191 Å². The number of ether oxygens (including phenoxy) is 1. The van der Waals surface area contributed by atoms with E-state index in [1.54, 1.807) is 37.1 Å². The number of nitrogens with zero attached hydrogens (tertiary/aromatic N) is 1. The number of amides is 1. The van der Waals surface area contributed by atoms with Gasteiger partial charge in [-0.3, -0.25) is 14.2 Å². The summed E-state index contributed by atoms with van der Waals surface area (Å²) in [7, 11) is 1.62. The number of aromatic amines is 1. The van der Waals surface area contributed by atoms with Crippen LogP contribution >= 0.6 is 24.0 Å². The van der Waals surface area contributed by atoms with Gasteiger partial charge in [0.2, 0.25) is 0 Å². The van der Waals surface area contributed by atoms with Crippen LogP contribution in [-0.4, -0.2) is 41.5 Å². The quantitative estimate of drug-likeness (QED) is 0.355. The number of carbonyl (C=O) groups excluding carboxylic acids is 1. The van der Waals surface area contributed by atoms with Crippen LogP contribution in [0, 0.1) is 11.7 Å². The highest BCUT2D eigenvalue weighted by Crippen LogP contribution is 2.13. The highest BCUT2D eigenvalue weighted by atomic mass is 32.2. The second-order valence-corrected chi connectivity index (χ2v) is 8.78. The lowest BCUT2D eigenvalue weighted by molar-refractivity contribution is 0.0956. The predicted molar refractivity (Wildman–Crippen MR) is 130 cm³/mol. The van der Waals surface area contributed by atoms with Crippen LogP contribution in [0.1, 0.15) is 27.9 Å². The minimum Gasteiger partial charge on any atom is -0.385 e. The van der Waals surface area contributed by atoms with Crippen molar-refractivity contribution >= 4 is 40.8 Å². The van der Waals surface area contributed by atoms with E-state index in [9.17, 15) is 9.59 Å². The maximum Gasteiger partial charge on any atom is 0.262 e. The Morgan fingerprint density at radius 1 is 1.23 bits per heavy atom. The second-order valence-electron chi connectivity index (χ2n) is 7.29. The van der Waals surface area contributed by atoms with Crippen LogP contribution in [0.4, 0.5) is 0 Å². The van der Waals surface area contributed by atoms with Crippen molar-refractivity contribution in [3.8, 4) is 0 Å². The van der Waals surface area contributed by atoms with Crippen molar-refractivity contribution < 1.29 is 9.53 Å². The van der Waals surface area contributed by atoms with E-state index >= 15 is 0 Å². The molecule has 0 fully saturated rings. The number of benzene rings is 2. The average molecular weight is 458 g/mol. The normalized spacial score (nSPS) is 11.0. The molecule has 2 aromatic carbocycles. The smallest absolute Gasteiger partial charge is 0.262 e. The predicted octanol–water partition coefficient (Wildman–Crippen LogP) is 4.07. The summed E-state index contributed by atoms with van der Waals surface area (Å²) < 4.78 is 6.92. The van der Waals surface area contributed by atoms with Crippen LogP contribution in [0.3, 0.4) is 0 Å². The third kappa shape index (κ3) is 6.29. The number of rotatable bonds is 10. The molecule has 0 aliphatic heterocycles. The van der Waals surface area contributed by atoms with E-state index in [2.05, 4.69) is 41.5 Å². The zero-order valence-electron chi connectivity index (χ0n) is 17.8. The van der Waals surface area contributed by atoms with Crippen LogP contribution < -0.4 is 10.9 Å². The molecule has 1 aromatic heterocycles. The van der Waals surface area contributed by atoms with Gasteiger partial charge in [0.05, 0.1) is 10.9 Å². The molecule has 0 aliphatic rings. The third-order valence-corrected chi connectivity index (χ3v) is 6.25. The standard InChI is InChI=1S/C23H27N3O3S2/c1-16-4-6-17(7-5-16)15-31-13-10-24-21(27)18-8-9-19-20(14-18)25-23(30)26(22(19)28)11-3-12-29-2/h4-9,14H,3,10-13,15H2,1-2H3,(H,24,27)(H,25,30). The number of carbonyl (C=O) groups is 1. The van der Waals surface area contributed by atoms with Gasteiger partial charge in [0.25, 0.3) is 11.5 Å². The maximum absolute atomic E-state index is 12.7. The lowest BCUT2D eigenvalue weighted by Crippen LogP contribution is -2.26. The minimum atomic E-state index is -0.165. The molecule has 0 bridgehead atoms. The lowest BCUT2D eigenvalue weighted by Gasteiger charge is -2.09. The van der Waals surface area contributed by atoms with Gasteiger partial charge in [0.15, 0.2) is 4.77 Å². The summed E-state index contributed by atoms with van der Waals surface area (Å²) in [5.41, 5.74) is 3.44. The summed E-state index contributed by atoms with van der Waals surface area (Å²) in [6, 6.07) is 13.5. The first-order valence-corrected chi connectivity index (χ1v) is 11.7. The Hall–Kier alpha value is -2.42. The second kappa shape index (κ2) is 11.3. The summed E-state index contributed by atoms with van der Waals surface area (Å²) in [5.74, 6) is 1.57. The van der Waals surface area contributed by atoms with Gasteiger partial charge in [-0.25, -0.2) is 0 Å². The summed E-state index contributed by atoms with van der Waals surface area (Å²) in [6.45, 7) is 3.69. The fraction of sp³-hybridized carbons (Fsp3) is 0.348. The van der Waals surface area contributed by atoms with E-state index in [1.807, 2.05) is 0 Å². The lowest BCUT2D eigenvalue weighted by atomic mass is 10.1. The van der Waals surface area contributed by atoms with E-state index in [1.165, 1.54) is 15.7 Å². The Kier molecular flexibility index (Phi) is 8.45. The first-order valence-electron chi connectivity index (χ1n) is 10.2. The fourth-order valence-electron chi connectivity index (χ4n) is 3.18. The molecule has 0 saturated heterocycles. The fourth-order valence-corrected chi connectivity index (χ4v) is 4.28. The Morgan fingerprint density at radius 3 is 2.74 bits per heavy atom. The molecule has 8 heteroatoms. The molecule has 3 aromatic rings. The van der Waals surface area contributed by atoms with Gasteiger partial charge < -0.3 is 15.0 Å². The molecule has 1 heterocycles. The number of hydrogen-bond acceptors (Lipinski definition) is 5. The van der Waals surface area contributed by atoms with Crippen LogP contribution in [0.15, 0.2) is 47.3 Å². The van der Waals surface area contributed by atoms with Gasteiger partial charge in [-0.05, 0) is 49.3 Å². The number of nitrogens with one attached hydrogen (secondary N) is 2. The van der Waals surface area contributed by atoms with Gasteiger partial charge in [0.1, 0.15) is 0 Å². The van der Waals surface area contributed by atoms with Crippen LogP contribution in [-0.2, 0) is 17.0 Å². The zero-order valence-corrected chi connectivity index (χ0v) is 19.4. The van der Waals surface area contributed by atoms with E-state index in [4.69, 9.17) is 17.0 Å². The third-order valence-electron chi connectivity index (χ3n) is 4.90. The van der Waals surface area contributed by atoms with Gasteiger partial charge in [0, 0.05) is 43.9 Å². The summed E-state index contributed by atoms with van der Waals surface area (Å²) in [6.07, 6.45) is 0.696. The number of thioether (sulfide) groups is 1. The van der Waals surface area contributed by atoms with Gasteiger partial charge in [-0.1, -0.05) is 29.8 Å². The summed E-state index contributed by atoms with van der Waals surface area (Å²) in [4.78, 5) is 28.3. The zero-order chi connectivity index (χ0) is 22.2. The molecule has 0 atom stereocenters. The van der Waals surface area contributed by atoms with Gasteiger partial charge in [-0.2, -0.15) is 11.8 Å². The molecule has 0 aliphatic carbocycles. The highest BCUT2D eigenvalue weighted by molar-refractivity contribution is 7.98. The molecule has 0 spiro atoms. The molecule has 2 N–H and O–H groups in total. The van der Waals surface area contributed by atoms with E-state index in [0.717, 1.165) is 11.5 Å². The maximum atomic E-state index is 12.7. The topological polar surface area (TPSA) is 76.1 Å². The average Bonchev–Trinajstić information content (AvgIpc) is 2.76. The number of aryl methyl sites for hydroxylation is 1. The van der Waals surface area contributed by atoms with Crippen molar-refractivity contribution in [1.29, 1.82) is 0 Å². The monoisotopic (exact) mass is 457 g/mol. The van der Waals surface area contributed by atoms with Crippen LogP contribution in [0.2, 0.25) is 0 Å². The number of hydrogen-bond donors (Lipinski definition) is 2. The molecule has 0 radical (unpaired) electrons. The molecular weight excluding hydrogens is 430 g/mol. The van der Waals surface area contributed by atoms with Crippen molar-refractivity contribution in [2.45, 2.75) is 25.6 Å². The summed E-state index contributed by atoms with van der Waals surface area (Å²) >= 11 is 7.11. The minimum absolute atomic E-state index is 0.158. The van der Waals surface area contributed by atoms with E-state index < -0.39 is 0 Å². The number of fused-ring (bicyclic) bond motifs is 1. The van der Waals surface area contributed by atoms with Gasteiger partial charge >= 0.3 is 0 Å². The molecule has 0 saturated carbocycles. The van der Waals surface area contributed by atoms with Crippen LogP contribution in [0.5, 0.6) is 0 Å². The molecule has 164 valence electrons. The highest BCUT2D eigenvalue weighted by Gasteiger charge is 2.10. The Balaban J connectivity index is 1.58. The van der Waals surface area contributed by atoms with E-state index in [0.29, 0.717) is 47.4 Å².